The molecule has 0 bridgehead atoms. The molecule has 2 N–H and O–H groups in total. The van der Waals surface area contributed by atoms with Gasteiger partial charge in [0, 0.05) is 35.4 Å². The molecule has 6 nitrogen and oxygen atoms in total. The van der Waals surface area contributed by atoms with Crippen molar-refractivity contribution >= 4 is 33.2 Å². The quantitative estimate of drug-likeness (QED) is 0.778. The largest absolute Gasteiger partial charge is 0.360 e. The van der Waals surface area contributed by atoms with E-state index < -0.39 is 10.8 Å². The highest BCUT2D eigenvalue weighted by atomic mass is 32.2. The van der Waals surface area contributed by atoms with Gasteiger partial charge in [0.25, 0.3) is 5.91 Å². The fourth-order valence-electron chi connectivity index (χ4n) is 1.05. The van der Waals surface area contributed by atoms with Gasteiger partial charge >= 0.3 is 0 Å². The predicted octanol–water partition coefficient (Wildman–Crippen LogP) is 0.857. The topological polar surface area (TPSA) is 84.0 Å². The van der Waals surface area contributed by atoms with Gasteiger partial charge in [-0.3, -0.25) is 9.00 Å². The molecule has 1 aromatic heterocycles. The maximum Gasteiger partial charge on any atom is 0.282 e. The van der Waals surface area contributed by atoms with Gasteiger partial charge < -0.3 is 10.6 Å². The first-order valence-electron chi connectivity index (χ1n) is 5.72. The van der Waals surface area contributed by atoms with Gasteiger partial charge in [-0.2, -0.15) is 0 Å². The molecule has 1 heterocycles. The highest BCUT2D eigenvalue weighted by Gasteiger charge is 2.14. The van der Waals surface area contributed by atoms with Crippen LogP contribution in [0.3, 0.4) is 0 Å². The molecule has 0 saturated carbocycles. The third-order valence-electron chi connectivity index (χ3n) is 2.26. The first kappa shape index (κ1) is 15.0. The molecule has 0 aromatic carbocycles. The Morgan fingerprint density at radius 1 is 1.50 bits per heavy atom. The molecule has 0 spiro atoms. The smallest absolute Gasteiger partial charge is 0.282 e. The Bertz CT molecular complexity index is 422. The second-order valence-corrected chi connectivity index (χ2v) is 6.64. The molecule has 0 saturated heterocycles. The van der Waals surface area contributed by atoms with Gasteiger partial charge in [0.2, 0.25) is 10.1 Å². The molecule has 18 heavy (non-hydrogen) atoms. The summed E-state index contributed by atoms with van der Waals surface area (Å²) in [6.07, 6.45) is 2.61. The number of anilines is 1. The molecule has 2 atom stereocenters. The zero-order valence-corrected chi connectivity index (χ0v) is 12.4. The minimum absolute atomic E-state index is 0.0699. The number of nitrogens with one attached hydrogen (secondary N) is 2. The van der Waals surface area contributed by atoms with Crippen LogP contribution in [-0.2, 0) is 10.8 Å². The second kappa shape index (κ2) is 7.42. The van der Waals surface area contributed by atoms with Gasteiger partial charge in [0.15, 0.2) is 0 Å². The Morgan fingerprint density at radius 2 is 2.22 bits per heavy atom. The maximum absolute atomic E-state index is 11.7. The van der Waals surface area contributed by atoms with E-state index in [0.717, 1.165) is 13.0 Å². The molecule has 0 aliphatic heterocycles. The van der Waals surface area contributed by atoms with Gasteiger partial charge in [0.1, 0.15) is 0 Å². The summed E-state index contributed by atoms with van der Waals surface area (Å²) < 4.78 is 11.1. The fraction of sp³-hybridized carbons (Fsp3) is 0.700. The lowest BCUT2D eigenvalue weighted by atomic mass is 10.4. The number of carbonyl (C=O) groups excluding carboxylic acids is 1. The van der Waals surface area contributed by atoms with Crippen LogP contribution in [0, 0.1) is 0 Å². The summed E-state index contributed by atoms with van der Waals surface area (Å²) in [5, 5.41) is 14.3. The molecule has 0 fully saturated rings. The molecule has 0 aliphatic rings. The van der Waals surface area contributed by atoms with Crippen LogP contribution in [0.1, 0.15) is 30.1 Å². The molecular formula is C10H18N4O2S2. The number of nitrogens with zero attached hydrogens (tertiary/aromatic N) is 2. The molecule has 8 heteroatoms. The van der Waals surface area contributed by atoms with E-state index in [4.69, 9.17) is 0 Å². The van der Waals surface area contributed by atoms with E-state index in [0.29, 0.717) is 16.7 Å². The summed E-state index contributed by atoms with van der Waals surface area (Å²) in [5.74, 6) is -0.269. The summed E-state index contributed by atoms with van der Waals surface area (Å²) in [4.78, 5) is 11.7. The lowest BCUT2D eigenvalue weighted by Crippen LogP contribution is -2.32. The standard InChI is InChI=1S/C10H18N4O2S2/c1-4-5-11-10-14-13-9(17-10)8(15)12-6-7(2)18(3)16/h7H,4-6H2,1-3H3,(H,11,14)(H,12,15). The summed E-state index contributed by atoms with van der Waals surface area (Å²) in [5.41, 5.74) is 0. The molecule has 0 aliphatic carbocycles. The van der Waals surface area contributed by atoms with Gasteiger partial charge in [-0.05, 0) is 13.3 Å². The number of hydrogen-bond acceptors (Lipinski definition) is 6. The van der Waals surface area contributed by atoms with Crippen molar-refractivity contribution in [2.24, 2.45) is 0 Å². The van der Waals surface area contributed by atoms with E-state index in [1.54, 1.807) is 6.26 Å². The zero-order valence-electron chi connectivity index (χ0n) is 10.7. The molecular weight excluding hydrogens is 272 g/mol. The first-order chi connectivity index (χ1) is 8.54. The van der Waals surface area contributed by atoms with Gasteiger partial charge in [-0.1, -0.05) is 18.3 Å². The van der Waals surface area contributed by atoms with Crippen molar-refractivity contribution in [1.29, 1.82) is 0 Å². The van der Waals surface area contributed by atoms with E-state index >= 15 is 0 Å². The molecule has 1 amide bonds. The van der Waals surface area contributed by atoms with E-state index in [1.165, 1.54) is 11.3 Å². The lowest BCUT2D eigenvalue weighted by Gasteiger charge is -2.07. The Morgan fingerprint density at radius 3 is 2.83 bits per heavy atom. The van der Waals surface area contributed by atoms with Crippen LogP contribution in [-0.4, -0.2) is 44.9 Å². The minimum Gasteiger partial charge on any atom is -0.360 e. The van der Waals surface area contributed by atoms with Crippen molar-refractivity contribution in [3.8, 4) is 0 Å². The monoisotopic (exact) mass is 290 g/mol. The van der Waals surface area contributed by atoms with E-state index in [-0.39, 0.29) is 11.2 Å². The van der Waals surface area contributed by atoms with E-state index in [1.807, 2.05) is 13.8 Å². The van der Waals surface area contributed by atoms with Crippen LogP contribution in [0.2, 0.25) is 0 Å². The molecule has 1 rings (SSSR count). The summed E-state index contributed by atoms with van der Waals surface area (Å²) in [6.45, 7) is 5.06. The number of amides is 1. The average Bonchev–Trinajstić information content (AvgIpc) is 2.81. The Kier molecular flexibility index (Phi) is 6.20. The molecule has 0 radical (unpaired) electrons. The predicted molar refractivity (Wildman–Crippen MR) is 74.6 cm³/mol. The van der Waals surface area contributed by atoms with Gasteiger partial charge in [-0.15, -0.1) is 10.2 Å². The first-order valence-corrected chi connectivity index (χ1v) is 8.16. The van der Waals surface area contributed by atoms with Crippen molar-refractivity contribution in [2.75, 3.05) is 24.7 Å². The van der Waals surface area contributed by atoms with Crippen molar-refractivity contribution in [3.05, 3.63) is 5.01 Å². The third kappa shape index (κ3) is 4.69. The van der Waals surface area contributed by atoms with Crippen LogP contribution in [0.25, 0.3) is 0 Å². The number of carbonyl (C=O) groups is 1. The third-order valence-corrected chi connectivity index (χ3v) is 4.44. The van der Waals surface area contributed by atoms with Crippen molar-refractivity contribution in [3.63, 3.8) is 0 Å². The van der Waals surface area contributed by atoms with Crippen LogP contribution in [0.5, 0.6) is 0 Å². The Balaban J connectivity index is 2.46. The van der Waals surface area contributed by atoms with Crippen LogP contribution >= 0.6 is 11.3 Å². The average molecular weight is 290 g/mol. The van der Waals surface area contributed by atoms with Crippen molar-refractivity contribution < 1.29 is 9.00 Å². The van der Waals surface area contributed by atoms with Gasteiger partial charge in [0.05, 0.1) is 0 Å². The van der Waals surface area contributed by atoms with Crippen LogP contribution in [0.15, 0.2) is 0 Å². The Labute approximate surface area is 113 Å². The zero-order chi connectivity index (χ0) is 13.5. The molecule has 102 valence electrons. The minimum atomic E-state index is -0.942. The lowest BCUT2D eigenvalue weighted by molar-refractivity contribution is 0.0953. The maximum atomic E-state index is 11.7. The summed E-state index contributed by atoms with van der Waals surface area (Å²) in [7, 11) is -0.942. The normalized spacial score (nSPS) is 13.9. The second-order valence-electron chi connectivity index (χ2n) is 3.86. The SMILES string of the molecule is CCCNc1nnc(C(=O)NCC(C)S(C)=O)s1. The highest BCUT2D eigenvalue weighted by molar-refractivity contribution is 7.84. The van der Waals surface area contributed by atoms with E-state index in [2.05, 4.69) is 20.8 Å². The highest BCUT2D eigenvalue weighted by Crippen LogP contribution is 2.14. The van der Waals surface area contributed by atoms with Gasteiger partial charge in [-0.25, -0.2) is 0 Å². The molecule has 2 unspecified atom stereocenters. The number of hydrogen-bond donors (Lipinski definition) is 2. The summed E-state index contributed by atoms with van der Waals surface area (Å²) in [6, 6.07) is 0. The van der Waals surface area contributed by atoms with Crippen molar-refractivity contribution in [2.45, 2.75) is 25.5 Å². The van der Waals surface area contributed by atoms with Crippen LogP contribution in [0.4, 0.5) is 5.13 Å². The van der Waals surface area contributed by atoms with E-state index in [9.17, 15) is 9.00 Å². The van der Waals surface area contributed by atoms with Crippen LogP contribution < -0.4 is 10.6 Å². The molecule has 1 aromatic rings. The summed E-state index contributed by atoms with van der Waals surface area (Å²) >= 11 is 1.22. The number of rotatable bonds is 7. The number of aromatic nitrogens is 2. The van der Waals surface area contributed by atoms with Crippen molar-refractivity contribution in [1.82, 2.24) is 15.5 Å². The Hall–Kier alpha value is -1.02. The fourth-order valence-corrected chi connectivity index (χ4v) is 2.05.